The lowest BCUT2D eigenvalue weighted by Crippen LogP contribution is -2.47. The Balaban J connectivity index is 1.22. The summed E-state index contributed by atoms with van der Waals surface area (Å²) in [5.74, 6) is -0.320. The number of amides is 3. The number of esters is 1. The van der Waals surface area contributed by atoms with Gasteiger partial charge in [0.05, 0.1) is 20.1 Å². The lowest BCUT2D eigenvalue weighted by molar-refractivity contribution is -0.146. The van der Waals surface area contributed by atoms with Crippen LogP contribution in [-0.4, -0.2) is 79.4 Å². The summed E-state index contributed by atoms with van der Waals surface area (Å²) < 4.78 is 10.5. The van der Waals surface area contributed by atoms with Crippen molar-refractivity contribution in [3.63, 3.8) is 0 Å². The highest BCUT2D eigenvalue weighted by atomic mass is 16.5. The fraction of sp³-hybridized carbons (Fsp3) is 0.467. The van der Waals surface area contributed by atoms with Crippen LogP contribution >= 0.6 is 0 Å². The van der Waals surface area contributed by atoms with E-state index >= 15 is 0 Å². The predicted molar refractivity (Wildman–Crippen MR) is 145 cm³/mol. The molecular formula is C30H37N3O6. The Kier molecular flexibility index (Phi) is 9.57. The van der Waals surface area contributed by atoms with E-state index < -0.39 is 17.9 Å². The van der Waals surface area contributed by atoms with Gasteiger partial charge in [-0.3, -0.25) is 14.4 Å². The van der Waals surface area contributed by atoms with E-state index in [9.17, 15) is 19.2 Å². The summed E-state index contributed by atoms with van der Waals surface area (Å²) in [5.41, 5.74) is 0.390. The normalized spacial score (nSPS) is 16.9. The van der Waals surface area contributed by atoms with Gasteiger partial charge in [-0.2, -0.15) is 0 Å². The molecule has 0 unspecified atom stereocenters. The van der Waals surface area contributed by atoms with E-state index in [1.54, 1.807) is 35.2 Å². The van der Waals surface area contributed by atoms with Crippen molar-refractivity contribution in [3.8, 4) is 5.75 Å². The molecule has 2 saturated heterocycles. The molecule has 208 valence electrons. The number of benzene rings is 2. The van der Waals surface area contributed by atoms with Crippen molar-refractivity contribution >= 4 is 23.7 Å². The molecule has 0 aliphatic carbocycles. The molecule has 2 aliphatic heterocycles. The van der Waals surface area contributed by atoms with Gasteiger partial charge in [0.1, 0.15) is 11.8 Å². The highest BCUT2D eigenvalue weighted by molar-refractivity contribution is 5.97. The van der Waals surface area contributed by atoms with Gasteiger partial charge in [-0.15, -0.1) is 0 Å². The van der Waals surface area contributed by atoms with Gasteiger partial charge in [0.25, 0.3) is 5.91 Å². The monoisotopic (exact) mass is 535 g/mol. The third kappa shape index (κ3) is 7.59. The average molecular weight is 536 g/mol. The zero-order valence-corrected chi connectivity index (χ0v) is 22.5. The molecule has 3 amide bonds. The van der Waals surface area contributed by atoms with Crippen molar-refractivity contribution < 1.29 is 28.7 Å². The first-order valence-electron chi connectivity index (χ1n) is 13.6. The number of methoxy groups -OCH3 is 1. The van der Waals surface area contributed by atoms with Crippen molar-refractivity contribution in [2.24, 2.45) is 5.41 Å². The first-order valence-corrected chi connectivity index (χ1v) is 13.6. The fourth-order valence-electron chi connectivity index (χ4n) is 5.35. The maximum atomic E-state index is 13.1. The molecule has 9 nitrogen and oxygen atoms in total. The maximum Gasteiger partial charge on any atom is 0.328 e. The molecule has 1 spiro atoms. The van der Waals surface area contributed by atoms with Crippen LogP contribution < -0.4 is 10.1 Å². The molecule has 2 aromatic carbocycles. The number of likely N-dealkylation sites (tertiary alicyclic amines) is 2. The van der Waals surface area contributed by atoms with Crippen molar-refractivity contribution in [3.05, 3.63) is 66.2 Å². The molecule has 9 heteroatoms. The minimum absolute atomic E-state index is 0.0170. The number of rotatable bonds is 10. The second kappa shape index (κ2) is 13.3. The second-order valence-electron chi connectivity index (χ2n) is 10.3. The van der Waals surface area contributed by atoms with E-state index in [0.717, 1.165) is 25.0 Å². The van der Waals surface area contributed by atoms with Gasteiger partial charge in [-0.25, -0.2) is 4.79 Å². The molecule has 2 aromatic rings. The predicted octanol–water partition coefficient (Wildman–Crippen LogP) is 3.05. The van der Waals surface area contributed by atoms with Crippen LogP contribution in [0.4, 0.5) is 0 Å². The zero-order chi connectivity index (χ0) is 27.7. The number of hydrogen-bond acceptors (Lipinski definition) is 6. The van der Waals surface area contributed by atoms with Gasteiger partial charge in [0, 0.05) is 38.2 Å². The summed E-state index contributed by atoms with van der Waals surface area (Å²) in [4.78, 5) is 54.5. The van der Waals surface area contributed by atoms with E-state index in [-0.39, 0.29) is 23.7 Å². The number of hydrogen-bond donors (Lipinski definition) is 1. The van der Waals surface area contributed by atoms with Gasteiger partial charge < -0.3 is 24.6 Å². The molecule has 4 rings (SSSR count). The standard InChI is InChI=1S/C30H37N3O6/c1-38-29(37)25(31-28(36)23-9-4-2-5-10-23)21-27(35)33-19-16-30(22-33)14-17-32(18-15-30)26(34)13-8-20-39-24-11-6-3-7-12-24/h2-7,9-12,25H,8,13-22H2,1H3,(H,31,36)/t25-/m0/s1. The summed E-state index contributed by atoms with van der Waals surface area (Å²) in [6.07, 6.45) is 3.51. The van der Waals surface area contributed by atoms with Crippen LogP contribution in [-0.2, 0) is 19.1 Å². The van der Waals surface area contributed by atoms with Crippen LogP contribution in [0.3, 0.4) is 0 Å². The van der Waals surface area contributed by atoms with Crippen molar-refractivity contribution in [2.45, 2.75) is 44.6 Å². The Morgan fingerprint density at radius 1 is 0.872 bits per heavy atom. The minimum Gasteiger partial charge on any atom is -0.494 e. The number of carbonyl (C=O) groups excluding carboxylic acids is 4. The van der Waals surface area contributed by atoms with E-state index in [1.165, 1.54) is 7.11 Å². The summed E-state index contributed by atoms with van der Waals surface area (Å²) >= 11 is 0. The van der Waals surface area contributed by atoms with Crippen molar-refractivity contribution in [1.82, 2.24) is 15.1 Å². The van der Waals surface area contributed by atoms with Gasteiger partial charge in [-0.1, -0.05) is 36.4 Å². The van der Waals surface area contributed by atoms with E-state index in [4.69, 9.17) is 9.47 Å². The van der Waals surface area contributed by atoms with Gasteiger partial charge in [-0.05, 0) is 55.4 Å². The molecule has 1 atom stereocenters. The van der Waals surface area contributed by atoms with Crippen LogP contribution in [0.1, 0.15) is 48.9 Å². The summed E-state index contributed by atoms with van der Waals surface area (Å²) in [6, 6.07) is 17.1. The first kappa shape index (κ1) is 28.1. The Hall–Kier alpha value is -3.88. The number of piperidine rings is 1. The Morgan fingerprint density at radius 2 is 1.49 bits per heavy atom. The zero-order valence-electron chi connectivity index (χ0n) is 22.5. The largest absolute Gasteiger partial charge is 0.494 e. The number of carbonyl (C=O) groups is 4. The molecule has 2 fully saturated rings. The summed E-state index contributed by atoms with van der Waals surface area (Å²) in [6.45, 7) is 3.06. The van der Waals surface area contributed by atoms with Crippen LogP contribution in [0, 0.1) is 5.41 Å². The van der Waals surface area contributed by atoms with Crippen molar-refractivity contribution in [1.29, 1.82) is 0 Å². The molecule has 0 aromatic heterocycles. The average Bonchev–Trinajstić information content (AvgIpc) is 3.39. The first-order chi connectivity index (χ1) is 18.9. The smallest absolute Gasteiger partial charge is 0.328 e. The van der Waals surface area contributed by atoms with Gasteiger partial charge in [0.15, 0.2) is 0 Å². The van der Waals surface area contributed by atoms with Crippen molar-refractivity contribution in [2.75, 3.05) is 39.9 Å². The Morgan fingerprint density at radius 3 is 2.13 bits per heavy atom. The SMILES string of the molecule is COC(=O)[C@H](CC(=O)N1CCC2(CCN(C(=O)CCCOc3ccccc3)CC2)C1)NC(=O)c1ccccc1. The number of nitrogens with one attached hydrogen (secondary N) is 1. The molecule has 0 radical (unpaired) electrons. The molecule has 1 N–H and O–H groups in total. The van der Waals surface area contributed by atoms with Gasteiger partial charge >= 0.3 is 5.97 Å². The molecule has 0 bridgehead atoms. The number of para-hydroxylation sites is 1. The molecular weight excluding hydrogens is 498 g/mol. The van der Waals surface area contributed by atoms with E-state index in [1.807, 2.05) is 35.2 Å². The lowest BCUT2D eigenvalue weighted by Gasteiger charge is -2.39. The topological polar surface area (TPSA) is 105 Å². The highest BCUT2D eigenvalue weighted by Crippen LogP contribution is 2.40. The van der Waals surface area contributed by atoms with Crippen LogP contribution in [0.15, 0.2) is 60.7 Å². The molecule has 2 aliphatic rings. The third-order valence-corrected chi connectivity index (χ3v) is 7.72. The van der Waals surface area contributed by atoms with E-state index in [2.05, 4.69) is 5.32 Å². The molecule has 39 heavy (non-hydrogen) atoms. The minimum atomic E-state index is -1.06. The van der Waals surface area contributed by atoms with Crippen LogP contribution in [0.25, 0.3) is 0 Å². The number of nitrogens with zero attached hydrogens (tertiary/aromatic N) is 2. The Bertz CT molecular complexity index is 1130. The molecule has 0 saturated carbocycles. The Labute approximate surface area is 229 Å². The maximum absolute atomic E-state index is 13.1. The lowest BCUT2D eigenvalue weighted by atomic mass is 9.77. The van der Waals surface area contributed by atoms with Crippen LogP contribution in [0.5, 0.6) is 5.75 Å². The van der Waals surface area contributed by atoms with Gasteiger partial charge in [0.2, 0.25) is 11.8 Å². The summed E-state index contributed by atoms with van der Waals surface area (Å²) in [7, 11) is 1.24. The second-order valence-corrected chi connectivity index (χ2v) is 10.3. The number of ether oxygens (including phenoxy) is 2. The summed E-state index contributed by atoms with van der Waals surface area (Å²) in [5, 5.41) is 2.64. The van der Waals surface area contributed by atoms with Crippen LogP contribution in [0.2, 0.25) is 0 Å². The third-order valence-electron chi connectivity index (χ3n) is 7.72. The molecule has 2 heterocycles. The fourth-order valence-corrected chi connectivity index (χ4v) is 5.35. The highest BCUT2D eigenvalue weighted by Gasteiger charge is 2.43. The van der Waals surface area contributed by atoms with E-state index in [0.29, 0.717) is 51.2 Å². The quantitative estimate of drug-likeness (QED) is 0.370.